The summed E-state index contributed by atoms with van der Waals surface area (Å²) in [6, 6.07) is -0.385. The van der Waals surface area contributed by atoms with Crippen molar-refractivity contribution in [3.63, 3.8) is 0 Å². The lowest BCUT2D eigenvalue weighted by molar-refractivity contribution is -0.148. The third kappa shape index (κ3) is 2.79. The van der Waals surface area contributed by atoms with Crippen molar-refractivity contribution in [2.45, 2.75) is 25.8 Å². The number of primary amides is 1. The van der Waals surface area contributed by atoms with Gasteiger partial charge in [-0.3, -0.25) is 19.3 Å². The number of carbonyl (C=O) groups excluding carboxylic acids is 3. The molecule has 1 aliphatic rings. The molecule has 0 aliphatic carbocycles. The molecule has 6 heteroatoms. The molecule has 0 bridgehead atoms. The summed E-state index contributed by atoms with van der Waals surface area (Å²) in [6.07, 6.45) is 0.832. The number of imide groups is 1. The highest BCUT2D eigenvalue weighted by atomic mass is 16.2. The molecule has 0 aromatic rings. The number of nitrogens with two attached hydrogens (primary N) is 1. The van der Waals surface area contributed by atoms with Gasteiger partial charge in [0.05, 0.1) is 6.04 Å². The van der Waals surface area contributed by atoms with Crippen LogP contribution in [0.2, 0.25) is 0 Å². The minimum atomic E-state index is -0.403. The Kier molecular flexibility index (Phi) is 4.00. The van der Waals surface area contributed by atoms with E-state index in [1.807, 2.05) is 0 Å². The predicted octanol–water partition coefficient (Wildman–Crippen LogP) is -1.16. The maximum atomic E-state index is 11.6. The number of piperidine rings is 1. The van der Waals surface area contributed by atoms with E-state index in [0.29, 0.717) is 19.4 Å². The molecule has 3 amide bonds. The fraction of sp³-hybridized carbons (Fsp3) is 0.700. The molecule has 0 saturated carbocycles. The van der Waals surface area contributed by atoms with Crippen molar-refractivity contribution >= 4 is 17.7 Å². The lowest BCUT2D eigenvalue weighted by atomic mass is 10.0. The van der Waals surface area contributed by atoms with Gasteiger partial charge >= 0.3 is 0 Å². The second-order valence-corrected chi connectivity index (χ2v) is 4.09. The molecule has 16 heavy (non-hydrogen) atoms. The van der Waals surface area contributed by atoms with Crippen LogP contribution in [-0.2, 0) is 14.4 Å². The predicted molar refractivity (Wildman–Crippen MR) is 57.2 cm³/mol. The first-order valence-electron chi connectivity index (χ1n) is 5.26. The van der Waals surface area contributed by atoms with Gasteiger partial charge in [-0.2, -0.15) is 0 Å². The maximum Gasteiger partial charge on any atom is 0.246 e. The lowest BCUT2D eigenvalue weighted by Crippen LogP contribution is -2.52. The molecule has 1 rings (SSSR count). The molecule has 6 nitrogen and oxygen atoms in total. The van der Waals surface area contributed by atoms with Crippen molar-refractivity contribution in [1.82, 2.24) is 10.2 Å². The van der Waals surface area contributed by atoms with Crippen LogP contribution in [0.15, 0.2) is 0 Å². The highest BCUT2D eigenvalue weighted by Crippen LogP contribution is 2.11. The van der Waals surface area contributed by atoms with Gasteiger partial charge in [0.1, 0.15) is 0 Å². The number of amides is 3. The van der Waals surface area contributed by atoms with Crippen LogP contribution in [0.25, 0.3) is 0 Å². The van der Waals surface area contributed by atoms with Crippen LogP contribution in [0.1, 0.15) is 19.8 Å². The normalized spacial score (nSPS) is 23.4. The molecular weight excluding hydrogens is 210 g/mol. The molecule has 0 spiro atoms. The molecule has 1 heterocycles. The van der Waals surface area contributed by atoms with Crippen LogP contribution < -0.4 is 11.1 Å². The molecule has 1 fully saturated rings. The molecule has 0 aromatic heterocycles. The number of nitrogens with zero attached hydrogens (tertiary/aromatic N) is 1. The van der Waals surface area contributed by atoms with Gasteiger partial charge in [0, 0.05) is 25.9 Å². The van der Waals surface area contributed by atoms with Crippen LogP contribution in [0.3, 0.4) is 0 Å². The first-order chi connectivity index (χ1) is 7.43. The van der Waals surface area contributed by atoms with E-state index < -0.39 is 5.91 Å². The number of rotatable bonds is 4. The number of likely N-dealkylation sites (tertiary alicyclic amines) is 1. The summed E-state index contributed by atoms with van der Waals surface area (Å²) >= 11 is 0. The van der Waals surface area contributed by atoms with Gasteiger partial charge in [-0.25, -0.2) is 0 Å². The summed E-state index contributed by atoms with van der Waals surface area (Å²) in [5.41, 5.74) is 5.11. The molecule has 2 unspecified atom stereocenters. The van der Waals surface area contributed by atoms with Gasteiger partial charge in [-0.05, 0) is 6.42 Å². The molecule has 1 aliphatic heterocycles. The Hall–Kier alpha value is -1.43. The van der Waals surface area contributed by atoms with Crippen molar-refractivity contribution in [2.75, 3.05) is 13.6 Å². The Morgan fingerprint density at radius 3 is 2.81 bits per heavy atom. The minimum Gasteiger partial charge on any atom is -0.369 e. The van der Waals surface area contributed by atoms with E-state index in [2.05, 4.69) is 5.32 Å². The summed E-state index contributed by atoms with van der Waals surface area (Å²) in [6.45, 7) is 2.05. The molecular formula is C10H17N3O3. The highest BCUT2D eigenvalue weighted by molar-refractivity contribution is 6.00. The number of hydrogen-bond donors (Lipinski definition) is 2. The highest BCUT2D eigenvalue weighted by Gasteiger charge is 2.31. The smallest absolute Gasteiger partial charge is 0.246 e. The van der Waals surface area contributed by atoms with Crippen LogP contribution in [0.4, 0.5) is 0 Å². The van der Waals surface area contributed by atoms with Crippen molar-refractivity contribution in [2.24, 2.45) is 11.7 Å². The first kappa shape index (κ1) is 12.6. The number of hydrogen-bond acceptors (Lipinski definition) is 4. The van der Waals surface area contributed by atoms with E-state index in [0.717, 1.165) is 4.90 Å². The molecule has 2 atom stereocenters. The zero-order valence-electron chi connectivity index (χ0n) is 9.53. The van der Waals surface area contributed by atoms with Crippen molar-refractivity contribution < 1.29 is 14.4 Å². The van der Waals surface area contributed by atoms with Gasteiger partial charge in [-0.1, -0.05) is 6.92 Å². The Bertz CT molecular complexity index is 316. The van der Waals surface area contributed by atoms with E-state index in [4.69, 9.17) is 5.73 Å². The quantitative estimate of drug-likeness (QED) is 0.593. The molecule has 1 saturated heterocycles. The van der Waals surface area contributed by atoms with E-state index in [1.165, 1.54) is 7.05 Å². The van der Waals surface area contributed by atoms with Crippen molar-refractivity contribution in [1.29, 1.82) is 0 Å². The summed E-state index contributed by atoms with van der Waals surface area (Å²) in [5.74, 6) is -1.13. The van der Waals surface area contributed by atoms with Gasteiger partial charge in [-0.15, -0.1) is 0 Å². The van der Waals surface area contributed by atoms with E-state index in [9.17, 15) is 14.4 Å². The lowest BCUT2D eigenvalue weighted by Gasteiger charge is -2.28. The SMILES string of the molecule is CC(CNC1CCC(=O)N(C)C1=O)C(N)=O. The number of carbonyl (C=O) groups is 3. The van der Waals surface area contributed by atoms with Crippen molar-refractivity contribution in [3.05, 3.63) is 0 Å². The van der Waals surface area contributed by atoms with Crippen LogP contribution in [-0.4, -0.2) is 42.3 Å². The zero-order chi connectivity index (χ0) is 12.3. The van der Waals surface area contributed by atoms with Crippen LogP contribution in [0, 0.1) is 5.92 Å². The largest absolute Gasteiger partial charge is 0.369 e. The van der Waals surface area contributed by atoms with E-state index in [-0.39, 0.29) is 23.8 Å². The van der Waals surface area contributed by atoms with Gasteiger partial charge in [0.15, 0.2) is 0 Å². The van der Waals surface area contributed by atoms with Gasteiger partial charge in [0.25, 0.3) is 0 Å². The summed E-state index contributed by atoms with van der Waals surface area (Å²) in [4.78, 5) is 34.8. The maximum absolute atomic E-state index is 11.6. The first-order valence-corrected chi connectivity index (χ1v) is 5.26. The Labute approximate surface area is 94.2 Å². The van der Waals surface area contributed by atoms with Crippen LogP contribution in [0.5, 0.6) is 0 Å². The topological polar surface area (TPSA) is 92.5 Å². The average molecular weight is 227 g/mol. The second-order valence-electron chi connectivity index (χ2n) is 4.09. The molecule has 3 N–H and O–H groups in total. The summed E-state index contributed by atoms with van der Waals surface area (Å²) < 4.78 is 0. The van der Waals surface area contributed by atoms with Gasteiger partial charge < -0.3 is 11.1 Å². The van der Waals surface area contributed by atoms with Crippen LogP contribution >= 0.6 is 0 Å². The summed E-state index contributed by atoms with van der Waals surface area (Å²) in [5, 5.41) is 2.96. The fourth-order valence-corrected chi connectivity index (χ4v) is 1.52. The Morgan fingerprint density at radius 1 is 1.62 bits per heavy atom. The second kappa shape index (κ2) is 5.07. The number of nitrogens with one attached hydrogen (secondary N) is 1. The standard InChI is InChI=1S/C10H17N3O3/c1-6(9(11)15)5-12-7-3-4-8(14)13(2)10(7)16/h6-7,12H,3-5H2,1-2H3,(H2,11,15). The zero-order valence-corrected chi connectivity index (χ0v) is 9.53. The third-order valence-electron chi connectivity index (χ3n) is 2.81. The van der Waals surface area contributed by atoms with Gasteiger partial charge in [0.2, 0.25) is 17.7 Å². The minimum absolute atomic E-state index is 0.161. The third-order valence-corrected chi connectivity index (χ3v) is 2.81. The monoisotopic (exact) mass is 227 g/mol. The average Bonchev–Trinajstić information content (AvgIpc) is 2.24. The summed E-state index contributed by atoms with van der Waals surface area (Å²) in [7, 11) is 1.47. The Balaban J connectivity index is 2.47. The van der Waals surface area contributed by atoms with Crippen molar-refractivity contribution in [3.8, 4) is 0 Å². The van der Waals surface area contributed by atoms with E-state index in [1.54, 1.807) is 6.92 Å². The molecule has 0 aromatic carbocycles. The molecule has 0 radical (unpaired) electrons. The Morgan fingerprint density at radius 2 is 2.25 bits per heavy atom. The fourth-order valence-electron chi connectivity index (χ4n) is 1.52. The molecule has 90 valence electrons. The number of likely N-dealkylation sites (N-methyl/N-ethyl adjacent to an activating group) is 1. The van der Waals surface area contributed by atoms with E-state index >= 15 is 0 Å².